The fraction of sp³-hybridized carbons (Fsp3) is 0.316. The molecule has 1 aliphatic rings. The second kappa shape index (κ2) is 6.20. The lowest BCUT2D eigenvalue weighted by Gasteiger charge is -2.32. The molecule has 0 unspecified atom stereocenters. The summed E-state index contributed by atoms with van der Waals surface area (Å²) in [5, 5.41) is 0.981. The fourth-order valence-electron chi connectivity index (χ4n) is 3.72. The van der Waals surface area contributed by atoms with Crippen LogP contribution in [0.4, 0.5) is 0 Å². The standard InChI is InChI=1S/C19H20N4O2/c1-22-12-15(14-6-2-3-7-17(14)22)18(24)23-10-4-5-13(11-23)16-8-9-20-19(25)21-16/h2-3,6-9,12-13H,4-5,10-11H2,1H3,(H,20,21,25)/t13-/m0/s1. The second-order valence-corrected chi connectivity index (χ2v) is 6.59. The summed E-state index contributed by atoms with van der Waals surface area (Å²) in [6.07, 6.45) is 5.31. The minimum absolute atomic E-state index is 0.0536. The van der Waals surface area contributed by atoms with E-state index < -0.39 is 0 Å². The van der Waals surface area contributed by atoms with Gasteiger partial charge < -0.3 is 14.5 Å². The Hall–Kier alpha value is -2.89. The van der Waals surface area contributed by atoms with Crippen molar-refractivity contribution in [2.24, 2.45) is 7.05 Å². The molecule has 2 aromatic heterocycles. The van der Waals surface area contributed by atoms with Gasteiger partial charge in [0.1, 0.15) is 0 Å². The summed E-state index contributed by atoms with van der Waals surface area (Å²) >= 11 is 0. The zero-order valence-electron chi connectivity index (χ0n) is 14.1. The van der Waals surface area contributed by atoms with Crippen molar-refractivity contribution in [3.8, 4) is 0 Å². The number of aryl methyl sites for hydroxylation is 1. The van der Waals surface area contributed by atoms with Crippen LogP contribution >= 0.6 is 0 Å². The molecule has 6 heteroatoms. The summed E-state index contributed by atoms with van der Waals surface area (Å²) in [5.41, 5.74) is 2.31. The Kier molecular flexibility index (Phi) is 3.87. The van der Waals surface area contributed by atoms with Gasteiger partial charge in [0.05, 0.1) is 5.56 Å². The third kappa shape index (κ3) is 2.84. The summed E-state index contributed by atoms with van der Waals surface area (Å²) in [5.74, 6) is 0.196. The third-order valence-electron chi connectivity index (χ3n) is 4.97. The maximum atomic E-state index is 13.1. The lowest BCUT2D eigenvalue weighted by Crippen LogP contribution is -2.39. The van der Waals surface area contributed by atoms with Crippen molar-refractivity contribution in [3.05, 3.63) is 64.5 Å². The lowest BCUT2D eigenvalue weighted by molar-refractivity contribution is 0.0707. The molecule has 6 nitrogen and oxygen atoms in total. The molecular weight excluding hydrogens is 316 g/mol. The van der Waals surface area contributed by atoms with Gasteiger partial charge in [-0.3, -0.25) is 4.79 Å². The molecule has 128 valence electrons. The number of likely N-dealkylation sites (tertiary alicyclic amines) is 1. The van der Waals surface area contributed by atoms with Crippen molar-refractivity contribution in [1.82, 2.24) is 19.4 Å². The van der Waals surface area contributed by atoms with Gasteiger partial charge in [-0.2, -0.15) is 0 Å². The highest BCUT2D eigenvalue weighted by atomic mass is 16.2. The van der Waals surface area contributed by atoms with Gasteiger partial charge in [-0.25, -0.2) is 9.78 Å². The van der Waals surface area contributed by atoms with E-state index in [4.69, 9.17) is 0 Å². The largest absolute Gasteiger partial charge is 0.350 e. The molecule has 0 spiro atoms. The molecule has 25 heavy (non-hydrogen) atoms. The molecular formula is C19H20N4O2. The number of benzene rings is 1. The molecule has 4 rings (SSSR count). The first kappa shape index (κ1) is 15.6. The van der Waals surface area contributed by atoms with Crippen molar-refractivity contribution >= 4 is 16.8 Å². The summed E-state index contributed by atoms with van der Waals surface area (Å²) in [7, 11) is 1.96. The van der Waals surface area contributed by atoms with Gasteiger partial charge >= 0.3 is 5.69 Å². The first-order valence-electron chi connectivity index (χ1n) is 8.52. The molecule has 1 saturated heterocycles. The maximum Gasteiger partial charge on any atom is 0.345 e. The maximum absolute atomic E-state index is 13.1. The molecule has 1 aromatic carbocycles. The molecule has 0 bridgehead atoms. The van der Waals surface area contributed by atoms with E-state index in [9.17, 15) is 9.59 Å². The Labute approximate surface area is 145 Å². The Morgan fingerprint density at radius 1 is 1.28 bits per heavy atom. The molecule has 1 fully saturated rings. The topological polar surface area (TPSA) is 71.0 Å². The van der Waals surface area contributed by atoms with Crippen LogP contribution < -0.4 is 5.69 Å². The zero-order valence-corrected chi connectivity index (χ0v) is 14.1. The number of aromatic nitrogens is 3. The summed E-state index contributed by atoms with van der Waals surface area (Å²) in [4.78, 5) is 32.9. The number of nitrogens with one attached hydrogen (secondary N) is 1. The minimum atomic E-state index is -0.338. The third-order valence-corrected chi connectivity index (χ3v) is 4.97. The number of fused-ring (bicyclic) bond motifs is 1. The number of hydrogen-bond acceptors (Lipinski definition) is 3. The summed E-state index contributed by atoms with van der Waals surface area (Å²) in [6, 6.07) is 9.78. The van der Waals surface area contributed by atoms with Crippen LogP contribution in [-0.2, 0) is 7.05 Å². The fourth-order valence-corrected chi connectivity index (χ4v) is 3.72. The molecule has 0 saturated carbocycles. The molecule has 1 amide bonds. The SMILES string of the molecule is Cn1cc(C(=O)N2CCC[C@H](c3ccnc(=O)[nH]3)C2)c2ccccc21. The van der Waals surface area contributed by atoms with Gasteiger partial charge in [-0.1, -0.05) is 18.2 Å². The molecule has 1 aliphatic heterocycles. The van der Waals surface area contributed by atoms with Gasteiger partial charge in [-0.05, 0) is 25.0 Å². The molecule has 1 atom stereocenters. The van der Waals surface area contributed by atoms with Crippen molar-refractivity contribution in [2.75, 3.05) is 13.1 Å². The molecule has 0 aliphatic carbocycles. The number of nitrogens with zero attached hydrogens (tertiary/aromatic N) is 3. The van der Waals surface area contributed by atoms with Crippen molar-refractivity contribution in [2.45, 2.75) is 18.8 Å². The van der Waals surface area contributed by atoms with E-state index in [1.807, 2.05) is 53.0 Å². The van der Waals surface area contributed by atoms with E-state index in [-0.39, 0.29) is 17.5 Å². The number of piperidine rings is 1. The second-order valence-electron chi connectivity index (χ2n) is 6.59. The van der Waals surface area contributed by atoms with Crippen LogP contribution in [0.1, 0.15) is 34.8 Å². The minimum Gasteiger partial charge on any atom is -0.350 e. The normalized spacial score (nSPS) is 17.8. The van der Waals surface area contributed by atoms with Crippen LogP contribution in [0.25, 0.3) is 10.9 Å². The first-order chi connectivity index (χ1) is 12.1. The van der Waals surface area contributed by atoms with E-state index in [0.29, 0.717) is 6.54 Å². The Bertz CT molecular complexity index is 988. The van der Waals surface area contributed by atoms with Gasteiger partial charge in [0.2, 0.25) is 0 Å². The van der Waals surface area contributed by atoms with Crippen molar-refractivity contribution < 1.29 is 4.79 Å². The summed E-state index contributed by atoms with van der Waals surface area (Å²) < 4.78 is 1.99. The number of para-hydroxylation sites is 1. The average Bonchev–Trinajstić information content (AvgIpc) is 2.98. The van der Waals surface area contributed by atoms with Gasteiger partial charge in [0.15, 0.2) is 0 Å². The number of hydrogen-bond donors (Lipinski definition) is 1. The van der Waals surface area contributed by atoms with Gasteiger partial charge in [-0.15, -0.1) is 0 Å². The van der Waals surface area contributed by atoms with E-state index in [2.05, 4.69) is 9.97 Å². The highest BCUT2D eigenvalue weighted by Crippen LogP contribution is 2.28. The van der Waals surface area contributed by atoms with Crippen LogP contribution in [-0.4, -0.2) is 38.4 Å². The summed E-state index contributed by atoms with van der Waals surface area (Å²) in [6.45, 7) is 1.36. The van der Waals surface area contributed by atoms with E-state index in [1.54, 1.807) is 0 Å². The van der Waals surface area contributed by atoms with Crippen LogP contribution in [0.15, 0.2) is 47.5 Å². The smallest absolute Gasteiger partial charge is 0.345 e. The highest BCUT2D eigenvalue weighted by molar-refractivity contribution is 6.07. The Morgan fingerprint density at radius 3 is 2.96 bits per heavy atom. The predicted octanol–water partition coefficient (Wildman–Crippen LogP) is 2.28. The van der Waals surface area contributed by atoms with Crippen LogP contribution in [0.2, 0.25) is 0 Å². The highest BCUT2D eigenvalue weighted by Gasteiger charge is 2.27. The van der Waals surface area contributed by atoms with Crippen LogP contribution in [0, 0.1) is 0 Å². The van der Waals surface area contributed by atoms with E-state index in [0.717, 1.165) is 41.5 Å². The first-order valence-corrected chi connectivity index (χ1v) is 8.52. The number of H-pyrrole nitrogens is 1. The molecule has 3 aromatic rings. The monoisotopic (exact) mass is 336 g/mol. The number of amides is 1. The van der Waals surface area contributed by atoms with E-state index >= 15 is 0 Å². The zero-order chi connectivity index (χ0) is 17.4. The van der Waals surface area contributed by atoms with Gasteiger partial charge in [0, 0.05) is 55.0 Å². The molecule has 1 N–H and O–H groups in total. The molecule has 3 heterocycles. The average molecular weight is 336 g/mol. The van der Waals surface area contributed by atoms with E-state index in [1.165, 1.54) is 6.20 Å². The van der Waals surface area contributed by atoms with Crippen LogP contribution in [0.5, 0.6) is 0 Å². The predicted molar refractivity (Wildman–Crippen MR) is 95.7 cm³/mol. The van der Waals surface area contributed by atoms with Crippen molar-refractivity contribution in [1.29, 1.82) is 0 Å². The number of aromatic amines is 1. The van der Waals surface area contributed by atoms with Crippen LogP contribution in [0.3, 0.4) is 0 Å². The number of carbonyl (C=O) groups is 1. The molecule has 0 radical (unpaired) electrons. The number of carbonyl (C=O) groups excluding carboxylic acids is 1. The Balaban J connectivity index is 1.62. The van der Waals surface area contributed by atoms with Gasteiger partial charge in [0.25, 0.3) is 5.91 Å². The lowest BCUT2D eigenvalue weighted by atomic mass is 9.94. The quantitative estimate of drug-likeness (QED) is 0.780. The number of rotatable bonds is 2. The Morgan fingerprint density at radius 2 is 2.12 bits per heavy atom. The van der Waals surface area contributed by atoms with Crippen molar-refractivity contribution in [3.63, 3.8) is 0 Å².